The van der Waals surface area contributed by atoms with E-state index in [0.29, 0.717) is 0 Å². The molecule has 72 valence electrons. The summed E-state index contributed by atoms with van der Waals surface area (Å²) < 4.78 is 6.48. The number of halogens is 1. The Labute approximate surface area is 90.4 Å². The van der Waals surface area contributed by atoms with Gasteiger partial charge in [-0.2, -0.15) is 0 Å². The number of hydrogen-bond acceptors (Lipinski definition) is 3. The van der Waals surface area contributed by atoms with E-state index in [-0.39, 0.29) is 5.41 Å². The Morgan fingerprint density at radius 3 is 2.85 bits per heavy atom. The Balaban J connectivity index is 2.21. The maximum atomic E-state index is 5.31. The Hall–Kier alpha value is 0.1000. The van der Waals surface area contributed by atoms with Crippen LogP contribution in [0.4, 0.5) is 0 Å². The fourth-order valence-electron chi connectivity index (χ4n) is 1.61. The molecule has 13 heavy (non-hydrogen) atoms. The summed E-state index contributed by atoms with van der Waals surface area (Å²) in [6.07, 6.45) is 0. The van der Waals surface area contributed by atoms with E-state index in [1.54, 1.807) is 11.3 Å². The molecule has 0 radical (unpaired) electrons. The molecule has 0 unspecified atom stereocenters. The highest BCUT2D eigenvalue weighted by atomic mass is 79.9. The van der Waals surface area contributed by atoms with Crippen molar-refractivity contribution in [3.8, 4) is 0 Å². The van der Waals surface area contributed by atoms with Gasteiger partial charge in [0.05, 0.1) is 18.6 Å². The first-order valence-corrected chi connectivity index (χ1v) is 5.91. The van der Waals surface area contributed by atoms with Crippen molar-refractivity contribution >= 4 is 27.3 Å². The van der Waals surface area contributed by atoms with Gasteiger partial charge in [0, 0.05) is 21.3 Å². The monoisotopic (exact) mass is 261 g/mol. The first-order valence-electron chi connectivity index (χ1n) is 4.24. The molecule has 2 nitrogen and oxygen atoms in total. The zero-order chi connectivity index (χ0) is 9.31. The third-order valence-corrected chi connectivity index (χ3v) is 4.30. The summed E-state index contributed by atoms with van der Waals surface area (Å²) in [6, 6.07) is 2.20. The van der Waals surface area contributed by atoms with Crippen molar-refractivity contribution in [1.82, 2.24) is 5.32 Å². The molecule has 1 aromatic heterocycles. The highest BCUT2D eigenvalue weighted by molar-refractivity contribution is 9.10. The molecule has 2 heterocycles. The molecular formula is C9H12BrNOS. The van der Waals surface area contributed by atoms with Crippen LogP contribution in [-0.4, -0.2) is 26.8 Å². The number of thiophene rings is 1. The lowest BCUT2D eigenvalue weighted by Gasteiger charge is -2.40. The molecule has 4 heteroatoms. The van der Waals surface area contributed by atoms with Crippen molar-refractivity contribution in [3.05, 3.63) is 20.8 Å². The molecule has 0 aliphatic carbocycles. The summed E-state index contributed by atoms with van der Waals surface area (Å²) in [5, 5.41) is 5.36. The molecule has 1 saturated heterocycles. The second kappa shape index (κ2) is 3.69. The van der Waals surface area contributed by atoms with E-state index in [4.69, 9.17) is 4.74 Å². The zero-order valence-corrected chi connectivity index (χ0v) is 9.87. The predicted octanol–water partition coefficient (Wildman–Crippen LogP) is 2.00. The molecule has 0 amide bonds. The maximum absolute atomic E-state index is 5.31. The Bertz CT molecular complexity index is 296. The Kier molecular flexibility index (Phi) is 2.74. The minimum atomic E-state index is 0.242. The van der Waals surface area contributed by atoms with E-state index in [1.807, 2.05) is 7.05 Å². The van der Waals surface area contributed by atoms with Gasteiger partial charge in [0.1, 0.15) is 0 Å². The van der Waals surface area contributed by atoms with Gasteiger partial charge in [-0.1, -0.05) is 0 Å². The average Bonchev–Trinajstić information content (AvgIpc) is 2.44. The van der Waals surface area contributed by atoms with E-state index < -0.39 is 0 Å². The van der Waals surface area contributed by atoms with Crippen molar-refractivity contribution in [3.63, 3.8) is 0 Å². The summed E-state index contributed by atoms with van der Waals surface area (Å²) in [6.45, 7) is 2.70. The first-order chi connectivity index (χ1) is 6.27. The second-order valence-corrected chi connectivity index (χ2v) is 5.26. The van der Waals surface area contributed by atoms with Crippen LogP contribution < -0.4 is 5.32 Å². The van der Waals surface area contributed by atoms with E-state index >= 15 is 0 Å². The van der Waals surface area contributed by atoms with Gasteiger partial charge in [-0.3, -0.25) is 0 Å². The lowest BCUT2D eigenvalue weighted by Crippen LogP contribution is -2.52. The molecule has 1 aromatic rings. The topological polar surface area (TPSA) is 21.3 Å². The summed E-state index contributed by atoms with van der Waals surface area (Å²) in [5.41, 5.74) is 0.242. The molecular weight excluding hydrogens is 250 g/mol. The minimum Gasteiger partial charge on any atom is -0.379 e. The van der Waals surface area contributed by atoms with E-state index in [2.05, 4.69) is 32.7 Å². The molecule has 1 aliphatic heterocycles. The van der Waals surface area contributed by atoms with Crippen molar-refractivity contribution in [2.75, 3.05) is 26.8 Å². The van der Waals surface area contributed by atoms with Gasteiger partial charge in [0.15, 0.2) is 0 Å². The third-order valence-electron chi connectivity index (χ3n) is 2.36. The summed E-state index contributed by atoms with van der Waals surface area (Å²) >= 11 is 5.28. The quantitative estimate of drug-likeness (QED) is 0.899. The van der Waals surface area contributed by atoms with Gasteiger partial charge in [-0.25, -0.2) is 0 Å². The van der Waals surface area contributed by atoms with Crippen molar-refractivity contribution in [2.24, 2.45) is 0 Å². The van der Waals surface area contributed by atoms with Gasteiger partial charge in [-0.15, -0.1) is 11.3 Å². The van der Waals surface area contributed by atoms with Crippen molar-refractivity contribution < 1.29 is 4.74 Å². The molecule has 2 rings (SSSR count). The standard InChI is InChI=1S/C9H12BrNOS/c1-11-4-9(5-12-6-9)8-2-7(10)3-13-8/h2-3,11H,4-6H2,1H3. The van der Waals surface area contributed by atoms with E-state index in [0.717, 1.165) is 19.8 Å². The first kappa shape index (κ1) is 9.65. The van der Waals surface area contributed by atoms with Gasteiger partial charge < -0.3 is 10.1 Å². The summed E-state index contributed by atoms with van der Waals surface area (Å²) in [7, 11) is 1.99. The molecule has 0 spiro atoms. The van der Waals surface area contributed by atoms with E-state index in [9.17, 15) is 0 Å². The number of nitrogens with one attached hydrogen (secondary N) is 1. The van der Waals surface area contributed by atoms with Crippen LogP contribution in [0.25, 0.3) is 0 Å². The van der Waals surface area contributed by atoms with E-state index in [1.165, 1.54) is 9.35 Å². The van der Waals surface area contributed by atoms with Gasteiger partial charge in [-0.05, 0) is 29.0 Å². The van der Waals surface area contributed by atoms with Gasteiger partial charge in [0.2, 0.25) is 0 Å². The van der Waals surface area contributed by atoms with Crippen LogP contribution in [0.1, 0.15) is 4.88 Å². The maximum Gasteiger partial charge on any atom is 0.0638 e. The van der Waals surface area contributed by atoms with Crippen molar-refractivity contribution in [2.45, 2.75) is 5.41 Å². The van der Waals surface area contributed by atoms with Crippen LogP contribution >= 0.6 is 27.3 Å². The molecule has 1 N–H and O–H groups in total. The minimum absolute atomic E-state index is 0.242. The fourth-order valence-corrected chi connectivity index (χ4v) is 3.21. The molecule has 0 bridgehead atoms. The van der Waals surface area contributed by atoms with Gasteiger partial charge >= 0.3 is 0 Å². The SMILES string of the molecule is CNCC1(c2cc(Br)cs2)COC1. The molecule has 1 aliphatic rings. The van der Waals surface area contributed by atoms with Crippen molar-refractivity contribution in [1.29, 1.82) is 0 Å². The molecule has 1 fully saturated rings. The molecule has 0 aromatic carbocycles. The second-order valence-electron chi connectivity index (χ2n) is 3.43. The molecule has 0 saturated carbocycles. The number of ether oxygens (including phenoxy) is 1. The highest BCUT2D eigenvalue weighted by Gasteiger charge is 2.40. The summed E-state index contributed by atoms with van der Waals surface area (Å²) in [5.74, 6) is 0. The van der Waals surface area contributed by atoms with Gasteiger partial charge in [0.25, 0.3) is 0 Å². The Morgan fingerprint density at radius 2 is 2.46 bits per heavy atom. The largest absolute Gasteiger partial charge is 0.379 e. The lowest BCUT2D eigenvalue weighted by atomic mass is 9.84. The number of rotatable bonds is 3. The van der Waals surface area contributed by atoms with Crippen LogP contribution in [0.3, 0.4) is 0 Å². The molecule has 0 atom stereocenters. The Morgan fingerprint density at radius 1 is 1.69 bits per heavy atom. The lowest BCUT2D eigenvalue weighted by molar-refractivity contribution is -0.0564. The van der Waals surface area contributed by atoms with Crippen LogP contribution in [0, 0.1) is 0 Å². The number of hydrogen-bond donors (Lipinski definition) is 1. The smallest absolute Gasteiger partial charge is 0.0638 e. The summed E-state index contributed by atoms with van der Waals surface area (Å²) in [4.78, 5) is 1.42. The predicted molar refractivity (Wildman–Crippen MR) is 58.4 cm³/mol. The number of likely N-dealkylation sites (N-methyl/N-ethyl adjacent to an activating group) is 1. The highest BCUT2D eigenvalue weighted by Crippen LogP contribution is 2.37. The zero-order valence-electron chi connectivity index (χ0n) is 7.47. The average molecular weight is 262 g/mol. The fraction of sp³-hybridized carbons (Fsp3) is 0.556. The normalized spacial score (nSPS) is 19.8. The van der Waals surface area contributed by atoms with Crippen LogP contribution in [0.2, 0.25) is 0 Å². The van der Waals surface area contributed by atoms with Crippen LogP contribution in [0.5, 0.6) is 0 Å². The van der Waals surface area contributed by atoms with Crippen LogP contribution in [-0.2, 0) is 10.2 Å². The van der Waals surface area contributed by atoms with Crippen LogP contribution in [0.15, 0.2) is 15.9 Å². The third kappa shape index (κ3) is 1.68.